The first-order valence-electron chi connectivity index (χ1n) is 44.0. The third-order valence-corrected chi connectivity index (χ3v) is 22.2. The van der Waals surface area contributed by atoms with E-state index in [4.69, 9.17) is 37.0 Å². The van der Waals surface area contributed by atoms with Crippen molar-refractivity contribution in [2.75, 3.05) is 39.6 Å². The number of aliphatic hydroxyl groups excluding tert-OH is 1. The molecule has 0 saturated heterocycles. The zero-order valence-electron chi connectivity index (χ0n) is 68.3. The van der Waals surface area contributed by atoms with Gasteiger partial charge in [0, 0.05) is 25.7 Å². The Morgan fingerprint density at radius 1 is 0.279 bits per heavy atom. The van der Waals surface area contributed by atoms with Crippen molar-refractivity contribution in [2.45, 2.75) is 471 Å². The van der Waals surface area contributed by atoms with Crippen molar-refractivity contribution in [2.24, 2.45) is 11.8 Å². The number of phosphoric acid groups is 2. The highest BCUT2D eigenvalue weighted by atomic mass is 31.2. The summed E-state index contributed by atoms with van der Waals surface area (Å²) in [6.45, 7) is 9.73. The highest BCUT2D eigenvalue weighted by molar-refractivity contribution is 7.47. The van der Waals surface area contributed by atoms with Gasteiger partial charge in [0.25, 0.3) is 0 Å². The minimum absolute atomic E-state index is 0.107. The molecule has 0 aliphatic carbocycles. The van der Waals surface area contributed by atoms with Gasteiger partial charge in [-0.05, 0) is 37.5 Å². The van der Waals surface area contributed by atoms with Crippen LogP contribution in [0.5, 0.6) is 0 Å². The molecule has 0 saturated carbocycles. The predicted octanol–water partition coefficient (Wildman–Crippen LogP) is 25.8. The molecule has 0 aromatic carbocycles. The molecular formula is C85H166O17P2. The van der Waals surface area contributed by atoms with E-state index < -0.39 is 97.5 Å². The van der Waals surface area contributed by atoms with Crippen LogP contribution in [-0.2, 0) is 65.4 Å². The van der Waals surface area contributed by atoms with Gasteiger partial charge in [-0.15, -0.1) is 0 Å². The van der Waals surface area contributed by atoms with Gasteiger partial charge in [0.1, 0.15) is 19.3 Å². The van der Waals surface area contributed by atoms with Crippen LogP contribution < -0.4 is 0 Å². The fourth-order valence-corrected chi connectivity index (χ4v) is 14.8. The number of carbonyl (C=O) groups is 4. The van der Waals surface area contributed by atoms with E-state index in [0.29, 0.717) is 25.7 Å². The summed E-state index contributed by atoms with van der Waals surface area (Å²) in [6.07, 6.45) is 67.9. The molecule has 6 atom stereocenters. The summed E-state index contributed by atoms with van der Waals surface area (Å²) in [5, 5.41) is 10.7. The molecule has 17 nitrogen and oxygen atoms in total. The summed E-state index contributed by atoms with van der Waals surface area (Å²) in [5.41, 5.74) is 0. The minimum atomic E-state index is -4.96. The fraction of sp³-hybridized carbons (Fsp3) is 0.953. The molecule has 104 heavy (non-hydrogen) atoms. The molecule has 0 fully saturated rings. The Morgan fingerprint density at radius 2 is 0.490 bits per heavy atom. The number of rotatable bonds is 84. The molecule has 3 unspecified atom stereocenters. The maximum absolute atomic E-state index is 13.1. The molecule has 618 valence electrons. The smallest absolute Gasteiger partial charge is 0.462 e. The summed E-state index contributed by atoms with van der Waals surface area (Å²) in [4.78, 5) is 73.1. The van der Waals surface area contributed by atoms with Gasteiger partial charge in [0.2, 0.25) is 0 Å². The Hall–Kier alpha value is -1.94. The molecule has 3 N–H and O–H groups in total. The van der Waals surface area contributed by atoms with Crippen molar-refractivity contribution in [3.63, 3.8) is 0 Å². The van der Waals surface area contributed by atoms with Crippen molar-refractivity contribution in [1.29, 1.82) is 0 Å². The lowest BCUT2D eigenvalue weighted by molar-refractivity contribution is -0.161. The standard InChI is InChI=1S/C85H166O17P2/c1-7-10-12-14-16-18-20-21-22-25-29-32-38-44-50-56-62-68-83(88)96-74-81(102-84(89)69-63-57-51-45-39-33-30-27-24-23-26-28-31-37-42-48-54-60-66-78(6)9-3)76-100-104(93,94)98-72-79(86)71-97-103(91,92)99-75-80(73-95-82(87)67-61-55-49-43-19-17-15-13-11-8-2)101-85(90)70-64-58-52-46-40-35-34-36-41-47-53-59-65-77(4)5/h77-81,86H,7-76H2,1-6H3,(H,91,92)(H,93,94)/t78?,79-,80+,81+/m0/s1. The zero-order valence-corrected chi connectivity index (χ0v) is 70.1. The quantitative estimate of drug-likeness (QED) is 0.0222. The number of ether oxygens (including phenoxy) is 4. The summed E-state index contributed by atoms with van der Waals surface area (Å²) in [5.74, 6) is -0.455. The second kappa shape index (κ2) is 76.4. The first-order valence-corrected chi connectivity index (χ1v) is 47.0. The van der Waals surface area contributed by atoms with E-state index in [1.807, 2.05) is 0 Å². The average Bonchev–Trinajstić information content (AvgIpc) is 0.921. The van der Waals surface area contributed by atoms with Gasteiger partial charge >= 0.3 is 39.5 Å². The van der Waals surface area contributed by atoms with Crippen molar-refractivity contribution < 1.29 is 80.2 Å². The lowest BCUT2D eigenvalue weighted by Crippen LogP contribution is -2.30. The van der Waals surface area contributed by atoms with Gasteiger partial charge in [-0.1, -0.05) is 401 Å². The van der Waals surface area contributed by atoms with E-state index in [9.17, 15) is 43.2 Å². The maximum atomic E-state index is 13.1. The van der Waals surface area contributed by atoms with E-state index in [0.717, 1.165) is 102 Å². The number of aliphatic hydroxyl groups is 1. The first-order chi connectivity index (χ1) is 50.4. The third-order valence-electron chi connectivity index (χ3n) is 20.3. The van der Waals surface area contributed by atoms with Crippen molar-refractivity contribution in [3.8, 4) is 0 Å². The SMILES string of the molecule is CCCCCCCCCCCCCCCCCCCC(=O)OC[C@H](COP(=O)(O)OC[C@@H](O)COP(=O)(O)OC[C@@H](COC(=O)CCCCCCCCCCCC)OC(=O)CCCCCCCCCCCCCCC(C)C)OC(=O)CCCCCCCCCCCCCCCCCCCCC(C)CC. The van der Waals surface area contributed by atoms with Gasteiger partial charge in [-0.2, -0.15) is 0 Å². The summed E-state index contributed by atoms with van der Waals surface area (Å²) < 4.78 is 68.8. The molecule has 0 aliphatic rings. The third kappa shape index (κ3) is 76.8. The molecule has 0 aliphatic heterocycles. The molecular weight excluding hydrogens is 1350 g/mol. The van der Waals surface area contributed by atoms with E-state index >= 15 is 0 Å². The van der Waals surface area contributed by atoms with Crippen molar-refractivity contribution in [3.05, 3.63) is 0 Å². The lowest BCUT2D eigenvalue weighted by Gasteiger charge is -2.21. The van der Waals surface area contributed by atoms with Gasteiger partial charge in [0.05, 0.1) is 26.4 Å². The van der Waals surface area contributed by atoms with Crippen LogP contribution in [-0.4, -0.2) is 96.7 Å². The number of carbonyl (C=O) groups excluding carboxylic acids is 4. The van der Waals surface area contributed by atoms with E-state index in [1.165, 1.54) is 270 Å². The number of unbranched alkanes of at least 4 members (excludes halogenated alkanes) is 53. The summed E-state index contributed by atoms with van der Waals surface area (Å²) in [7, 11) is -9.92. The Labute approximate surface area is 638 Å². The van der Waals surface area contributed by atoms with Crippen LogP contribution in [0, 0.1) is 11.8 Å². The van der Waals surface area contributed by atoms with Gasteiger partial charge < -0.3 is 33.8 Å². The Bertz CT molecular complexity index is 2000. The van der Waals surface area contributed by atoms with Crippen LogP contribution in [0.1, 0.15) is 452 Å². The van der Waals surface area contributed by atoms with Crippen LogP contribution in [0.3, 0.4) is 0 Å². The maximum Gasteiger partial charge on any atom is 0.472 e. The van der Waals surface area contributed by atoms with Gasteiger partial charge in [-0.25, -0.2) is 9.13 Å². The van der Waals surface area contributed by atoms with Gasteiger partial charge in [0.15, 0.2) is 12.2 Å². The molecule has 0 aromatic rings. The zero-order chi connectivity index (χ0) is 76.4. The number of hydrogen-bond acceptors (Lipinski definition) is 15. The van der Waals surface area contributed by atoms with Crippen LogP contribution in [0.2, 0.25) is 0 Å². The monoisotopic (exact) mass is 1520 g/mol. The van der Waals surface area contributed by atoms with Crippen LogP contribution >= 0.6 is 15.6 Å². The predicted molar refractivity (Wildman–Crippen MR) is 428 cm³/mol. The molecule has 0 spiro atoms. The second-order valence-electron chi connectivity index (χ2n) is 31.3. The Morgan fingerprint density at radius 3 is 0.731 bits per heavy atom. The Kier molecular flexibility index (Phi) is 75.0. The number of phosphoric ester groups is 2. The molecule has 0 rings (SSSR count). The molecule has 0 amide bonds. The summed E-state index contributed by atoms with van der Waals surface area (Å²) in [6, 6.07) is 0. The molecule has 0 aromatic heterocycles. The number of esters is 4. The molecule has 0 bridgehead atoms. The highest BCUT2D eigenvalue weighted by Crippen LogP contribution is 2.45. The van der Waals surface area contributed by atoms with Crippen molar-refractivity contribution in [1.82, 2.24) is 0 Å². The Balaban J connectivity index is 5.22. The van der Waals surface area contributed by atoms with Crippen LogP contribution in [0.4, 0.5) is 0 Å². The minimum Gasteiger partial charge on any atom is -0.462 e. The van der Waals surface area contributed by atoms with Gasteiger partial charge in [-0.3, -0.25) is 37.3 Å². The topological polar surface area (TPSA) is 237 Å². The fourth-order valence-electron chi connectivity index (χ4n) is 13.2. The number of hydrogen-bond donors (Lipinski definition) is 3. The normalized spacial score (nSPS) is 14.1. The van der Waals surface area contributed by atoms with Crippen molar-refractivity contribution >= 4 is 39.5 Å². The largest absolute Gasteiger partial charge is 0.472 e. The lowest BCUT2D eigenvalue weighted by atomic mass is 9.99. The van der Waals surface area contributed by atoms with E-state index in [1.54, 1.807) is 0 Å². The first kappa shape index (κ1) is 102. The van der Waals surface area contributed by atoms with E-state index in [2.05, 4.69) is 41.5 Å². The second-order valence-corrected chi connectivity index (χ2v) is 34.2. The van der Waals surface area contributed by atoms with Crippen LogP contribution in [0.15, 0.2) is 0 Å². The van der Waals surface area contributed by atoms with E-state index in [-0.39, 0.29) is 25.7 Å². The molecule has 0 radical (unpaired) electrons. The molecule has 0 heterocycles. The average molecular weight is 1520 g/mol. The molecule has 19 heteroatoms. The van der Waals surface area contributed by atoms with Crippen LogP contribution in [0.25, 0.3) is 0 Å². The summed E-state index contributed by atoms with van der Waals surface area (Å²) >= 11 is 0. The highest BCUT2D eigenvalue weighted by Gasteiger charge is 2.30.